The first-order valence-corrected chi connectivity index (χ1v) is 10.4. The summed E-state index contributed by atoms with van der Waals surface area (Å²) in [6.45, 7) is 5.18. The van der Waals surface area contributed by atoms with E-state index < -0.39 is 35.3 Å². The van der Waals surface area contributed by atoms with Gasteiger partial charge in [-0.05, 0) is 38.8 Å². The molecule has 0 spiro atoms. The van der Waals surface area contributed by atoms with Crippen LogP contribution in [-0.2, 0) is 38.0 Å². The standard InChI is InChI=1S/C22H28N4O4S/c1-22(2,3)30-21(29)18(10-9-15(27)12-23)25-20(28)19(26(4)31)11-14-13-24-17-8-6-5-7-16(14)17/h5-8,12-13,18-19,23-24H,9-11H2,1-4H3/p+1/t18-,19-/m0/s1. The molecule has 0 aliphatic carbocycles. The van der Waals surface area contributed by atoms with Crippen molar-refractivity contribution in [3.05, 3.63) is 36.0 Å². The first-order valence-electron chi connectivity index (χ1n) is 10.0. The molecular weight excluding hydrogens is 416 g/mol. The Labute approximate surface area is 187 Å². The van der Waals surface area contributed by atoms with Crippen LogP contribution in [0.3, 0.4) is 0 Å². The number of ether oxygens (including phenoxy) is 1. The van der Waals surface area contributed by atoms with Crippen molar-refractivity contribution in [1.82, 2.24) is 10.3 Å². The van der Waals surface area contributed by atoms with E-state index in [1.54, 1.807) is 27.8 Å². The molecule has 166 valence electrons. The van der Waals surface area contributed by atoms with Gasteiger partial charge in [-0.15, -0.1) is 3.95 Å². The van der Waals surface area contributed by atoms with Crippen LogP contribution < -0.4 is 5.32 Å². The largest absolute Gasteiger partial charge is 0.458 e. The molecule has 31 heavy (non-hydrogen) atoms. The van der Waals surface area contributed by atoms with Crippen LogP contribution in [0, 0.1) is 5.41 Å². The molecule has 8 nitrogen and oxygen atoms in total. The van der Waals surface area contributed by atoms with Gasteiger partial charge in [0.15, 0.2) is 5.78 Å². The summed E-state index contributed by atoms with van der Waals surface area (Å²) in [7, 11) is 1.62. The van der Waals surface area contributed by atoms with Crippen LogP contribution in [-0.4, -0.2) is 57.5 Å². The van der Waals surface area contributed by atoms with Crippen molar-refractivity contribution in [3.63, 3.8) is 0 Å². The topological polar surface area (TPSA) is 115 Å². The highest BCUT2D eigenvalue weighted by atomic mass is 32.1. The van der Waals surface area contributed by atoms with E-state index in [9.17, 15) is 14.4 Å². The molecule has 1 heterocycles. The van der Waals surface area contributed by atoms with Gasteiger partial charge in [-0.2, -0.15) is 0 Å². The fourth-order valence-electron chi connectivity index (χ4n) is 3.14. The Morgan fingerprint density at radius 1 is 1.29 bits per heavy atom. The van der Waals surface area contributed by atoms with Crippen LogP contribution >= 0.6 is 0 Å². The molecule has 1 aromatic carbocycles. The molecule has 1 amide bonds. The maximum absolute atomic E-state index is 13.1. The molecule has 9 heteroatoms. The van der Waals surface area contributed by atoms with E-state index >= 15 is 0 Å². The lowest BCUT2D eigenvalue weighted by Crippen LogP contribution is -2.50. The molecule has 0 unspecified atom stereocenters. The van der Waals surface area contributed by atoms with Crippen molar-refractivity contribution in [1.29, 1.82) is 5.41 Å². The van der Waals surface area contributed by atoms with Gasteiger partial charge in [0.25, 0.3) is 18.3 Å². The third kappa shape index (κ3) is 7.06. The number of hydrogen-bond donors (Lipinski definition) is 3. The summed E-state index contributed by atoms with van der Waals surface area (Å²) in [5.74, 6) is -1.49. The van der Waals surface area contributed by atoms with E-state index in [2.05, 4.69) is 10.3 Å². The van der Waals surface area contributed by atoms with Crippen LogP contribution in [0.2, 0.25) is 0 Å². The summed E-state index contributed by atoms with van der Waals surface area (Å²) < 4.78 is 6.78. The lowest BCUT2D eigenvalue weighted by Gasteiger charge is -2.25. The number of aromatic nitrogens is 1. The van der Waals surface area contributed by atoms with E-state index in [1.807, 2.05) is 30.5 Å². The maximum atomic E-state index is 13.1. The molecule has 0 saturated carbocycles. The molecule has 2 atom stereocenters. The van der Waals surface area contributed by atoms with Crippen molar-refractivity contribution < 1.29 is 23.1 Å². The number of fused-ring (bicyclic) bond motifs is 1. The van der Waals surface area contributed by atoms with Crippen LogP contribution in [0.5, 0.6) is 0 Å². The first kappa shape index (κ1) is 24.3. The van der Waals surface area contributed by atoms with Crippen molar-refractivity contribution in [2.24, 2.45) is 0 Å². The third-order valence-corrected chi connectivity index (χ3v) is 4.93. The zero-order chi connectivity index (χ0) is 23.2. The zero-order valence-electron chi connectivity index (χ0n) is 18.2. The van der Waals surface area contributed by atoms with Gasteiger partial charge in [0.2, 0.25) is 6.04 Å². The summed E-state index contributed by atoms with van der Waals surface area (Å²) in [5, 5.41) is 10.7. The van der Waals surface area contributed by atoms with Gasteiger partial charge in [0.1, 0.15) is 18.7 Å². The summed E-state index contributed by atoms with van der Waals surface area (Å²) in [6.07, 6.45) is 2.87. The molecule has 0 aliphatic heterocycles. The van der Waals surface area contributed by atoms with Crippen LogP contribution in [0.15, 0.2) is 30.5 Å². The fraction of sp³-hybridized carbons (Fsp3) is 0.455. The van der Waals surface area contributed by atoms with Crippen molar-refractivity contribution in [2.45, 2.75) is 57.7 Å². The first-order chi connectivity index (χ1) is 14.5. The number of carbonyl (C=O) groups is 3. The van der Waals surface area contributed by atoms with Gasteiger partial charge >= 0.3 is 5.97 Å². The third-order valence-electron chi connectivity index (χ3n) is 4.68. The molecule has 3 N–H and O–H groups in total. The molecule has 0 bridgehead atoms. The number of rotatable bonds is 10. The Bertz CT molecular complexity index is 993. The van der Waals surface area contributed by atoms with Crippen molar-refractivity contribution in [3.8, 4) is 0 Å². The number of ketones is 1. The van der Waals surface area contributed by atoms with E-state index in [0.29, 0.717) is 12.6 Å². The Balaban J connectivity index is 2.20. The normalized spacial score (nSPS) is 13.3. The smallest absolute Gasteiger partial charge is 0.329 e. The molecule has 2 rings (SSSR count). The highest BCUT2D eigenvalue weighted by Crippen LogP contribution is 2.20. The number of H-pyrrole nitrogens is 1. The van der Waals surface area contributed by atoms with E-state index in [1.165, 1.54) is 3.95 Å². The minimum Gasteiger partial charge on any atom is -0.458 e. The predicted octanol–water partition coefficient (Wildman–Crippen LogP) is 2.28. The van der Waals surface area contributed by atoms with Crippen molar-refractivity contribution in [2.75, 3.05) is 7.05 Å². The van der Waals surface area contributed by atoms with Crippen LogP contribution in [0.1, 0.15) is 39.2 Å². The number of aromatic amines is 1. The Hall–Kier alpha value is -2.94. The predicted molar refractivity (Wildman–Crippen MR) is 120 cm³/mol. The number of amides is 1. The Morgan fingerprint density at radius 3 is 2.58 bits per heavy atom. The molecule has 0 radical (unpaired) electrons. The maximum Gasteiger partial charge on any atom is 0.329 e. The summed E-state index contributed by atoms with van der Waals surface area (Å²) in [5.41, 5.74) is 1.14. The number of benzene rings is 1. The number of likely N-dealkylation sites (N-methyl/N-ethyl adjacent to an activating group) is 1. The minimum absolute atomic E-state index is 0.0375. The van der Waals surface area contributed by atoms with Gasteiger partial charge in [0, 0.05) is 29.9 Å². The average molecular weight is 446 g/mol. The number of carbonyl (C=O) groups excluding carboxylic acids is 3. The number of Topliss-reactive ketones (excluding diaryl/α,β-unsaturated/α-hetero) is 1. The van der Waals surface area contributed by atoms with Crippen LogP contribution in [0.25, 0.3) is 10.9 Å². The zero-order valence-corrected chi connectivity index (χ0v) is 19.0. The highest BCUT2D eigenvalue weighted by molar-refractivity contribution is 7.44. The highest BCUT2D eigenvalue weighted by Gasteiger charge is 2.34. The number of para-hydroxylation sites is 1. The second kappa shape index (κ2) is 10.4. The van der Waals surface area contributed by atoms with Gasteiger partial charge in [-0.3, -0.25) is 9.59 Å². The van der Waals surface area contributed by atoms with E-state index in [-0.39, 0.29) is 12.8 Å². The summed E-state index contributed by atoms with van der Waals surface area (Å²) in [4.78, 5) is 40.4. The minimum atomic E-state index is -1.02. The monoisotopic (exact) mass is 445 g/mol. The Kier molecular flexibility index (Phi) is 8.15. The second-order valence-electron chi connectivity index (χ2n) is 8.37. The molecule has 2 aromatic rings. The Morgan fingerprint density at radius 2 is 1.97 bits per heavy atom. The van der Waals surface area contributed by atoms with E-state index in [4.69, 9.17) is 22.6 Å². The van der Waals surface area contributed by atoms with Gasteiger partial charge in [0.05, 0.1) is 6.21 Å². The number of nitrogens with one attached hydrogen (secondary N) is 3. The lowest BCUT2D eigenvalue weighted by atomic mass is 10.0. The molecule has 1 aromatic heterocycles. The molecule has 0 saturated heterocycles. The second-order valence-corrected chi connectivity index (χ2v) is 8.95. The SMILES string of the molecule is C[N+](=S)[C@@H](Cc1c[nH]c2ccccc12)C(=O)N[C@@H](CCC(=O)C=N)C(=O)OC(C)(C)C. The molecular formula is C22H29N4O4S+. The fourth-order valence-corrected chi connectivity index (χ4v) is 3.31. The summed E-state index contributed by atoms with van der Waals surface area (Å²) in [6, 6.07) is 6.03. The molecule has 0 fully saturated rings. The average Bonchev–Trinajstić information content (AvgIpc) is 3.10. The number of esters is 1. The lowest BCUT2D eigenvalue weighted by molar-refractivity contribution is -0.494. The van der Waals surface area contributed by atoms with Crippen LogP contribution in [0.4, 0.5) is 0 Å². The number of nitrogens with zero attached hydrogens (tertiary/aromatic N) is 1. The van der Waals surface area contributed by atoms with Crippen molar-refractivity contribution >= 4 is 47.2 Å². The quantitative estimate of drug-likeness (QED) is 0.295. The van der Waals surface area contributed by atoms with E-state index in [0.717, 1.165) is 16.5 Å². The number of hydrogen-bond acceptors (Lipinski definition) is 6. The summed E-state index contributed by atoms with van der Waals surface area (Å²) >= 11 is 5.27. The molecule has 0 aliphatic rings. The van der Waals surface area contributed by atoms with Gasteiger partial charge < -0.3 is 20.4 Å². The van der Waals surface area contributed by atoms with Gasteiger partial charge in [-0.1, -0.05) is 18.2 Å². The van der Waals surface area contributed by atoms with Gasteiger partial charge in [-0.25, -0.2) is 4.79 Å².